The first-order chi connectivity index (χ1) is 9.69. The smallest absolute Gasteiger partial charge is 0.240 e. The molecule has 1 unspecified atom stereocenters. The summed E-state index contributed by atoms with van der Waals surface area (Å²) < 4.78 is 10.4. The summed E-state index contributed by atoms with van der Waals surface area (Å²) in [5.41, 5.74) is 2.71. The molecule has 0 aromatic carbocycles. The van der Waals surface area contributed by atoms with E-state index in [-0.39, 0.29) is 6.04 Å². The van der Waals surface area contributed by atoms with Crippen LogP contribution in [0.3, 0.4) is 0 Å². The van der Waals surface area contributed by atoms with Gasteiger partial charge in [-0.25, -0.2) is 4.98 Å². The fourth-order valence-corrected chi connectivity index (χ4v) is 2.02. The lowest BCUT2D eigenvalue weighted by Crippen LogP contribution is -2.20. The van der Waals surface area contributed by atoms with Crippen LogP contribution in [-0.2, 0) is 0 Å². The maximum absolute atomic E-state index is 5.31. The predicted octanol–water partition coefficient (Wildman–Crippen LogP) is 1.51. The zero-order valence-corrected chi connectivity index (χ0v) is 12.0. The number of nitrogens with one attached hydrogen (secondary N) is 1. The summed E-state index contributed by atoms with van der Waals surface area (Å²) in [6.45, 7) is 1.95. The SMILES string of the molecule is CNC(c1ccnc(C)c1)c1ncc(OC)nc1OC. The number of pyridine rings is 1. The molecule has 0 aliphatic rings. The number of nitrogens with zero attached hydrogens (tertiary/aromatic N) is 3. The molecule has 0 aliphatic heterocycles. The van der Waals surface area contributed by atoms with Crippen LogP contribution in [0.5, 0.6) is 11.8 Å². The van der Waals surface area contributed by atoms with Crippen molar-refractivity contribution in [2.75, 3.05) is 21.3 Å². The second-order valence-corrected chi connectivity index (χ2v) is 4.26. The monoisotopic (exact) mass is 274 g/mol. The van der Waals surface area contributed by atoms with Crippen molar-refractivity contribution in [2.45, 2.75) is 13.0 Å². The molecule has 0 saturated carbocycles. The van der Waals surface area contributed by atoms with Crippen LogP contribution in [0.15, 0.2) is 24.5 Å². The molecule has 2 heterocycles. The van der Waals surface area contributed by atoms with Gasteiger partial charge in [-0.3, -0.25) is 4.98 Å². The van der Waals surface area contributed by atoms with E-state index < -0.39 is 0 Å². The van der Waals surface area contributed by atoms with Gasteiger partial charge in [0.2, 0.25) is 11.8 Å². The summed E-state index contributed by atoms with van der Waals surface area (Å²) in [6.07, 6.45) is 3.36. The van der Waals surface area contributed by atoms with Crippen molar-refractivity contribution in [3.8, 4) is 11.8 Å². The van der Waals surface area contributed by atoms with Crippen molar-refractivity contribution >= 4 is 0 Å². The van der Waals surface area contributed by atoms with Gasteiger partial charge in [-0.05, 0) is 31.7 Å². The minimum absolute atomic E-state index is 0.120. The van der Waals surface area contributed by atoms with E-state index in [0.717, 1.165) is 11.3 Å². The van der Waals surface area contributed by atoms with Gasteiger partial charge >= 0.3 is 0 Å². The lowest BCUT2D eigenvalue weighted by atomic mass is 10.0. The lowest BCUT2D eigenvalue weighted by molar-refractivity contribution is 0.353. The van der Waals surface area contributed by atoms with Crippen molar-refractivity contribution in [3.63, 3.8) is 0 Å². The van der Waals surface area contributed by atoms with Crippen LogP contribution in [0.25, 0.3) is 0 Å². The Morgan fingerprint density at radius 3 is 2.60 bits per heavy atom. The quantitative estimate of drug-likeness (QED) is 0.891. The van der Waals surface area contributed by atoms with Crippen LogP contribution >= 0.6 is 0 Å². The Bertz CT molecular complexity index is 589. The maximum Gasteiger partial charge on any atom is 0.240 e. The average Bonchev–Trinajstić information content (AvgIpc) is 2.48. The fraction of sp³-hybridized carbons (Fsp3) is 0.357. The molecule has 1 N–H and O–H groups in total. The van der Waals surface area contributed by atoms with Crippen LogP contribution in [-0.4, -0.2) is 36.2 Å². The first-order valence-electron chi connectivity index (χ1n) is 6.24. The molecule has 6 nitrogen and oxygen atoms in total. The second-order valence-electron chi connectivity index (χ2n) is 4.26. The molecule has 0 saturated heterocycles. The third kappa shape index (κ3) is 2.85. The van der Waals surface area contributed by atoms with Gasteiger partial charge in [-0.2, -0.15) is 4.98 Å². The highest BCUT2D eigenvalue weighted by Gasteiger charge is 2.20. The maximum atomic E-state index is 5.31. The standard InChI is InChI=1S/C14H18N4O2/c1-9-7-10(5-6-16-9)12(15-2)13-14(20-4)18-11(19-3)8-17-13/h5-8,12,15H,1-4H3. The zero-order chi connectivity index (χ0) is 14.5. The van der Waals surface area contributed by atoms with Crippen LogP contribution in [0.4, 0.5) is 0 Å². The Balaban J connectivity index is 2.46. The number of aryl methyl sites for hydroxylation is 1. The number of aromatic nitrogens is 3. The number of hydrogen-bond donors (Lipinski definition) is 1. The van der Waals surface area contributed by atoms with Crippen molar-refractivity contribution in [2.24, 2.45) is 0 Å². The molecule has 0 fully saturated rings. The Kier molecular flexibility index (Phi) is 4.47. The summed E-state index contributed by atoms with van der Waals surface area (Å²) in [5.74, 6) is 0.865. The minimum atomic E-state index is -0.120. The Hall–Kier alpha value is -2.21. The number of ether oxygens (including phenoxy) is 2. The highest BCUT2D eigenvalue weighted by Crippen LogP contribution is 2.27. The third-order valence-corrected chi connectivity index (χ3v) is 2.96. The van der Waals surface area contributed by atoms with Crippen molar-refractivity contribution in [1.82, 2.24) is 20.3 Å². The molecule has 0 amide bonds. The van der Waals surface area contributed by atoms with Crippen LogP contribution < -0.4 is 14.8 Å². The largest absolute Gasteiger partial charge is 0.480 e. The molecule has 106 valence electrons. The minimum Gasteiger partial charge on any atom is -0.480 e. The van der Waals surface area contributed by atoms with Crippen LogP contribution in [0.2, 0.25) is 0 Å². The van der Waals surface area contributed by atoms with E-state index in [1.165, 1.54) is 0 Å². The second kappa shape index (κ2) is 6.29. The first-order valence-corrected chi connectivity index (χ1v) is 6.24. The van der Waals surface area contributed by atoms with Crippen molar-refractivity contribution < 1.29 is 9.47 Å². The molecule has 0 spiro atoms. The van der Waals surface area contributed by atoms with Crippen LogP contribution in [0, 0.1) is 6.92 Å². The molecule has 2 aromatic heterocycles. The number of rotatable bonds is 5. The van der Waals surface area contributed by atoms with Gasteiger partial charge in [-0.1, -0.05) is 0 Å². The average molecular weight is 274 g/mol. The van der Waals surface area contributed by atoms with Gasteiger partial charge in [0.25, 0.3) is 0 Å². The number of methoxy groups -OCH3 is 2. The molecular weight excluding hydrogens is 256 g/mol. The van der Waals surface area contributed by atoms with E-state index in [1.807, 2.05) is 26.1 Å². The summed E-state index contributed by atoms with van der Waals surface area (Å²) in [5, 5.41) is 3.22. The fourth-order valence-electron chi connectivity index (χ4n) is 2.02. The molecule has 20 heavy (non-hydrogen) atoms. The zero-order valence-electron chi connectivity index (χ0n) is 12.0. The normalized spacial score (nSPS) is 12.0. The summed E-state index contributed by atoms with van der Waals surface area (Å²) in [4.78, 5) is 12.9. The van der Waals surface area contributed by atoms with E-state index in [4.69, 9.17) is 9.47 Å². The van der Waals surface area contributed by atoms with Gasteiger partial charge in [0, 0.05) is 11.9 Å². The molecule has 6 heteroatoms. The molecule has 2 aromatic rings. The summed E-state index contributed by atoms with van der Waals surface area (Å²) >= 11 is 0. The van der Waals surface area contributed by atoms with E-state index in [2.05, 4.69) is 20.3 Å². The number of hydrogen-bond acceptors (Lipinski definition) is 6. The molecule has 0 radical (unpaired) electrons. The van der Waals surface area contributed by atoms with Gasteiger partial charge < -0.3 is 14.8 Å². The van der Waals surface area contributed by atoms with E-state index >= 15 is 0 Å². The van der Waals surface area contributed by atoms with Gasteiger partial charge in [0.1, 0.15) is 5.69 Å². The molecule has 0 bridgehead atoms. The Morgan fingerprint density at radius 2 is 2.00 bits per heavy atom. The van der Waals surface area contributed by atoms with E-state index in [1.54, 1.807) is 26.6 Å². The summed E-state index contributed by atoms with van der Waals surface area (Å²) in [7, 11) is 4.98. The third-order valence-electron chi connectivity index (χ3n) is 2.96. The predicted molar refractivity (Wildman–Crippen MR) is 75.0 cm³/mol. The lowest BCUT2D eigenvalue weighted by Gasteiger charge is -2.18. The van der Waals surface area contributed by atoms with Crippen LogP contribution in [0.1, 0.15) is 23.0 Å². The highest BCUT2D eigenvalue weighted by molar-refractivity contribution is 5.34. The summed E-state index contributed by atoms with van der Waals surface area (Å²) in [6, 6.07) is 3.83. The molecule has 2 rings (SSSR count). The highest BCUT2D eigenvalue weighted by atomic mass is 16.5. The van der Waals surface area contributed by atoms with E-state index in [0.29, 0.717) is 17.5 Å². The molecule has 0 aliphatic carbocycles. The van der Waals surface area contributed by atoms with Crippen molar-refractivity contribution in [1.29, 1.82) is 0 Å². The first kappa shape index (κ1) is 14.2. The Morgan fingerprint density at radius 1 is 1.20 bits per heavy atom. The Labute approximate surface area is 118 Å². The molecule has 1 atom stereocenters. The van der Waals surface area contributed by atoms with E-state index in [9.17, 15) is 0 Å². The van der Waals surface area contributed by atoms with Crippen molar-refractivity contribution in [3.05, 3.63) is 41.5 Å². The van der Waals surface area contributed by atoms with Gasteiger partial charge in [0.15, 0.2) is 0 Å². The molecular formula is C14H18N4O2. The topological polar surface area (TPSA) is 69.2 Å². The van der Waals surface area contributed by atoms with Gasteiger partial charge in [-0.15, -0.1) is 0 Å². The van der Waals surface area contributed by atoms with Gasteiger partial charge in [0.05, 0.1) is 26.5 Å².